The van der Waals surface area contributed by atoms with Crippen molar-refractivity contribution in [3.8, 4) is 0 Å². The van der Waals surface area contributed by atoms with E-state index in [1.54, 1.807) is 44.9 Å². The SMILES string of the molecule is NN1CCC(CCC23CC4CC(CC(C4)C2)C3)CC1. The third-order valence-corrected chi connectivity index (χ3v) is 6.90. The second-order valence-electron chi connectivity index (χ2n) is 8.44. The van der Waals surface area contributed by atoms with E-state index in [-0.39, 0.29) is 0 Å². The molecule has 2 heteroatoms. The normalized spacial score (nSPS) is 46.9. The molecule has 4 bridgehead atoms. The third kappa shape index (κ3) is 2.47. The topological polar surface area (TPSA) is 29.3 Å². The fourth-order valence-corrected chi connectivity index (χ4v) is 6.35. The van der Waals surface area contributed by atoms with Crippen LogP contribution >= 0.6 is 0 Å². The van der Waals surface area contributed by atoms with Crippen LogP contribution in [-0.2, 0) is 0 Å². The van der Waals surface area contributed by atoms with Gasteiger partial charge >= 0.3 is 0 Å². The maximum Gasteiger partial charge on any atom is 0.0131 e. The van der Waals surface area contributed by atoms with Crippen LogP contribution in [0.1, 0.15) is 64.2 Å². The van der Waals surface area contributed by atoms with Crippen LogP contribution in [0.3, 0.4) is 0 Å². The van der Waals surface area contributed by atoms with Crippen LogP contribution in [-0.4, -0.2) is 18.1 Å². The first kappa shape index (κ1) is 12.6. The Morgan fingerprint density at radius 3 is 1.95 bits per heavy atom. The Labute approximate surface area is 118 Å². The van der Waals surface area contributed by atoms with Crippen molar-refractivity contribution in [2.24, 2.45) is 34.9 Å². The predicted octanol–water partition coefficient (Wildman–Crippen LogP) is 3.57. The highest BCUT2D eigenvalue weighted by atomic mass is 15.4. The molecule has 5 rings (SSSR count). The lowest BCUT2D eigenvalue weighted by atomic mass is 9.48. The summed E-state index contributed by atoms with van der Waals surface area (Å²) >= 11 is 0. The van der Waals surface area contributed by atoms with Gasteiger partial charge in [0.2, 0.25) is 0 Å². The van der Waals surface area contributed by atoms with Crippen LogP contribution in [0.5, 0.6) is 0 Å². The Morgan fingerprint density at radius 1 is 0.895 bits per heavy atom. The monoisotopic (exact) mass is 262 g/mol. The molecular weight excluding hydrogens is 232 g/mol. The van der Waals surface area contributed by atoms with Crippen LogP contribution in [0.15, 0.2) is 0 Å². The average Bonchev–Trinajstić information content (AvgIpc) is 2.36. The van der Waals surface area contributed by atoms with Crippen LogP contribution in [0.25, 0.3) is 0 Å². The molecule has 0 amide bonds. The molecule has 0 radical (unpaired) electrons. The van der Waals surface area contributed by atoms with E-state index in [0.29, 0.717) is 0 Å². The summed E-state index contributed by atoms with van der Waals surface area (Å²) in [4.78, 5) is 0. The molecule has 0 aromatic carbocycles. The molecule has 4 saturated carbocycles. The van der Waals surface area contributed by atoms with Gasteiger partial charge in [0.1, 0.15) is 0 Å². The largest absolute Gasteiger partial charge is 0.269 e. The van der Waals surface area contributed by atoms with E-state index in [2.05, 4.69) is 0 Å². The fourth-order valence-electron chi connectivity index (χ4n) is 6.35. The number of rotatable bonds is 3. The summed E-state index contributed by atoms with van der Waals surface area (Å²) in [6, 6.07) is 0. The van der Waals surface area contributed by atoms with E-state index >= 15 is 0 Å². The van der Waals surface area contributed by atoms with Crippen molar-refractivity contribution in [3.05, 3.63) is 0 Å². The second-order valence-corrected chi connectivity index (χ2v) is 8.44. The summed E-state index contributed by atoms with van der Waals surface area (Å²) in [5.74, 6) is 10.2. The van der Waals surface area contributed by atoms with Crippen LogP contribution in [0.4, 0.5) is 0 Å². The predicted molar refractivity (Wildman–Crippen MR) is 78.3 cm³/mol. The number of hydrazine groups is 1. The van der Waals surface area contributed by atoms with Crippen molar-refractivity contribution < 1.29 is 0 Å². The third-order valence-electron chi connectivity index (χ3n) is 6.90. The van der Waals surface area contributed by atoms with E-state index in [1.165, 1.54) is 19.3 Å². The van der Waals surface area contributed by atoms with Crippen LogP contribution in [0.2, 0.25) is 0 Å². The van der Waals surface area contributed by atoms with Gasteiger partial charge in [-0.3, -0.25) is 5.84 Å². The smallest absolute Gasteiger partial charge is 0.0131 e. The number of nitrogens with zero attached hydrogens (tertiary/aromatic N) is 1. The Bertz CT molecular complexity index is 295. The maximum absolute atomic E-state index is 5.87. The van der Waals surface area contributed by atoms with Crippen LogP contribution in [0, 0.1) is 29.1 Å². The standard InChI is InChI=1S/C17H30N2/c18-19-5-2-13(3-6-19)1-4-17-10-14-7-15(11-17)9-16(8-14)12-17/h13-16H,1-12,18H2. The zero-order valence-electron chi connectivity index (χ0n) is 12.3. The molecular formula is C17H30N2. The van der Waals surface area contributed by atoms with Gasteiger partial charge in [-0.1, -0.05) is 0 Å². The fraction of sp³-hybridized carbons (Fsp3) is 1.00. The summed E-state index contributed by atoms with van der Waals surface area (Å²) in [5.41, 5.74) is 0.800. The lowest BCUT2D eigenvalue weighted by Crippen LogP contribution is -2.46. The number of hydrogen-bond acceptors (Lipinski definition) is 2. The summed E-state index contributed by atoms with van der Waals surface area (Å²) in [5, 5.41) is 2.02. The molecule has 0 aromatic heterocycles. The van der Waals surface area contributed by atoms with Gasteiger partial charge in [0.05, 0.1) is 0 Å². The highest BCUT2D eigenvalue weighted by molar-refractivity contribution is 5.01. The number of hydrogen-bond donors (Lipinski definition) is 1. The van der Waals surface area contributed by atoms with Crippen LogP contribution < -0.4 is 5.84 Å². The lowest BCUT2D eigenvalue weighted by Gasteiger charge is -2.57. The van der Waals surface area contributed by atoms with E-state index in [4.69, 9.17) is 5.84 Å². The number of nitrogens with two attached hydrogens (primary N) is 1. The van der Waals surface area contributed by atoms with Crippen molar-refractivity contribution >= 4 is 0 Å². The van der Waals surface area contributed by atoms with Gasteiger partial charge in [0, 0.05) is 13.1 Å². The summed E-state index contributed by atoms with van der Waals surface area (Å²) in [7, 11) is 0. The Morgan fingerprint density at radius 2 is 1.42 bits per heavy atom. The molecule has 0 spiro atoms. The molecule has 0 aromatic rings. The molecule has 2 nitrogen and oxygen atoms in total. The molecule has 2 N–H and O–H groups in total. The van der Waals surface area contributed by atoms with Gasteiger partial charge in [0.15, 0.2) is 0 Å². The summed E-state index contributed by atoms with van der Waals surface area (Å²) < 4.78 is 0. The molecule has 0 unspecified atom stereocenters. The van der Waals surface area contributed by atoms with Gasteiger partial charge in [-0.2, -0.15) is 0 Å². The quantitative estimate of drug-likeness (QED) is 0.788. The van der Waals surface area contributed by atoms with Gasteiger partial charge in [0.25, 0.3) is 0 Å². The second kappa shape index (κ2) is 4.73. The minimum absolute atomic E-state index is 0.800. The highest BCUT2D eigenvalue weighted by Gasteiger charge is 2.50. The molecule has 5 fully saturated rings. The first-order valence-electron chi connectivity index (χ1n) is 8.70. The maximum atomic E-state index is 5.87. The minimum Gasteiger partial charge on any atom is -0.269 e. The van der Waals surface area contributed by atoms with Gasteiger partial charge in [-0.05, 0) is 93.3 Å². The van der Waals surface area contributed by atoms with E-state index in [0.717, 1.165) is 42.2 Å². The Balaban J connectivity index is 1.35. The van der Waals surface area contributed by atoms with Crippen molar-refractivity contribution in [1.82, 2.24) is 5.01 Å². The average molecular weight is 262 g/mol. The van der Waals surface area contributed by atoms with Gasteiger partial charge in [-0.25, -0.2) is 5.01 Å². The van der Waals surface area contributed by atoms with Crippen molar-refractivity contribution in [3.63, 3.8) is 0 Å². The molecule has 19 heavy (non-hydrogen) atoms. The molecule has 1 aliphatic heterocycles. The zero-order chi connectivity index (χ0) is 12.9. The Kier molecular flexibility index (Phi) is 3.15. The van der Waals surface area contributed by atoms with E-state index in [9.17, 15) is 0 Å². The molecule has 4 aliphatic carbocycles. The van der Waals surface area contributed by atoms with E-state index < -0.39 is 0 Å². The van der Waals surface area contributed by atoms with Gasteiger partial charge < -0.3 is 0 Å². The van der Waals surface area contributed by atoms with E-state index in [1.807, 2.05) is 5.01 Å². The first-order valence-corrected chi connectivity index (χ1v) is 8.70. The minimum atomic E-state index is 0.800. The van der Waals surface area contributed by atoms with Crippen molar-refractivity contribution in [2.45, 2.75) is 64.2 Å². The van der Waals surface area contributed by atoms with Crippen molar-refractivity contribution in [2.75, 3.05) is 13.1 Å². The molecule has 5 aliphatic rings. The lowest BCUT2D eigenvalue weighted by molar-refractivity contribution is -0.0609. The number of piperidine rings is 1. The van der Waals surface area contributed by atoms with Gasteiger partial charge in [-0.15, -0.1) is 0 Å². The molecule has 0 atom stereocenters. The summed E-state index contributed by atoms with van der Waals surface area (Å²) in [6.07, 6.45) is 15.3. The van der Waals surface area contributed by atoms with Crippen molar-refractivity contribution in [1.29, 1.82) is 0 Å². The molecule has 108 valence electrons. The molecule has 1 saturated heterocycles. The Hall–Kier alpha value is -0.0800. The summed E-state index contributed by atoms with van der Waals surface area (Å²) in [6.45, 7) is 2.26. The first-order chi connectivity index (χ1) is 9.21. The highest BCUT2D eigenvalue weighted by Crippen LogP contribution is 2.61. The molecule has 1 heterocycles. The zero-order valence-corrected chi connectivity index (χ0v) is 12.3.